The molecule has 2 aromatic heterocycles. The van der Waals surface area contributed by atoms with Gasteiger partial charge in [-0.25, -0.2) is 22.5 Å². The summed E-state index contributed by atoms with van der Waals surface area (Å²) in [6, 6.07) is 8.23. The number of alkyl halides is 6. The van der Waals surface area contributed by atoms with E-state index in [4.69, 9.17) is 0 Å². The first-order valence-corrected chi connectivity index (χ1v) is 12.5. The zero-order valence-electron chi connectivity index (χ0n) is 22.7. The van der Waals surface area contributed by atoms with Crippen LogP contribution >= 0.6 is 0 Å². The average Bonchev–Trinajstić information content (AvgIpc) is 2.93. The number of fused-ring (bicyclic) bond motifs is 1. The third-order valence-electron chi connectivity index (χ3n) is 6.40. The Balaban J connectivity index is 1.70. The Bertz CT molecular complexity index is 1840. The topological polar surface area (TPSA) is 115 Å². The molecule has 2 aromatic carbocycles. The summed E-state index contributed by atoms with van der Waals surface area (Å²) in [6.07, 6.45) is -6.79. The standard InChI is InChI=1S/C28H23F6N5O4/c1-27(2,31)25(42)36-13-14-10-19(21(22(29)30)35-12-14)23(40)37-16-6-9-20-18(11-16)24(41)39(26(43)38(20)3)17-7-4-15(5-8-17)28(32,33)34/h4-12,22H,13H2,1-3H3,(H,36,42)(H,37,40). The average molecular weight is 608 g/mol. The number of aromatic nitrogens is 3. The quantitative estimate of drug-likeness (QED) is 0.297. The maximum atomic E-state index is 13.8. The first-order valence-electron chi connectivity index (χ1n) is 12.5. The molecule has 0 aliphatic carbocycles. The molecule has 4 rings (SSSR count). The minimum absolute atomic E-state index is 0.0367. The van der Waals surface area contributed by atoms with Gasteiger partial charge in [0.05, 0.1) is 27.7 Å². The smallest absolute Gasteiger partial charge is 0.349 e. The van der Waals surface area contributed by atoms with Crippen molar-refractivity contribution in [3.8, 4) is 5.69 Å². The van der Waals surface area contributed by atoms with Crippen molar-refractivity contribution in [1.29, 1.82) is 0 Å². The van der Waals surface area contributed by atoms with E-state index in [1.165, 1.54) is 25.2 Å². The molecule has 9 nitrogen and oxygen atoms in total. The van der Waals surface area contributed by atoms with Crippen molar-refractivity contribution >= 4 is 28.4 Å². The molecule has 2 N–H and O–H groups in total. The molecule has 4 aromatic rings. The molecule has 0 aliphatic rings. The molecule has 0 saturated carbocycles. The zero-order chi connectivity index (χ0) is 31.9. The molecule has 0 saturated heterocycles. The lowest BCUT2D eigenvalue weighted by atomic mass is 10.1. The molecule has 2 heterocycles. The van der Waals surface area contributed by atoms with Crippen LogP contribution in [0.25, 0.3) is 16.6 Å². The summed E-state index contributed by atoms with van der Waals surface area (Å²) in [5.41, 5.74) is -6.29. The molecule has 0 aliphatic heterocycles. The number of carbonyl (C=O) groups excluding carboxylic acids is 2. The van der Waals surface area contributed by atoms with Gasteiger partial charge in [0.15, 0.2) is 5.67 Å². The molecule has 0 unspecified atom stereocenters. The van der Waals surface area contributed by atoms with E-state index in [2.05, 4.69) is 15.6 Å². The molecule has 2 amide bonds. The molecule has 0 radical (unpaired) electrons. The van der Waals surface area contributed by atoms with Crippen LogP contribution in [-0.4, -0.2) is 31.6 Å². The van der Waals surface area contributed by atoms with Gasteiger partial charge in [-0.3, -0.25) is 23.9 Å². The zero-order valence-corrected chi connectivity index (χ0v) is 22.7. The molecule has 43 heavy (non-hydrogen) atoms. The predicted molar refractivity (Wildman–Crippen MR) is 144 cm³/mol. The third-order valence-corrected chi connectivity index (χ3v) is 6.40. The fourth-order valence-electron chi connectivity index (χ4n) is 4.13. The van der Waals surface area contributed by atoms with E-state index in [0.717, 1.165) is 42.8 Å². The summed E-state index contributed by atoms with van der Waals surface area (Å²) in [5.74, 6) is -2.02. The van der Waals surface area contributed by atoms with Crippen molar-refractivity contribution in [2.75, 3.05) is 5.32 Å². The van der Waals surface area contributed by atoms with Crippen molar-refractivity contribution in [2.45, 2.75) is 38.7 Å². The minimum atomic E-state index is -4.64. The molecular weight excluding hydrogens is 584 g/mol. The number of hydrogen-bond acceptors (Lipinski definition) is 5. The summed E-state index contributed by atoms with van der Waals surface area (Å²) in [5, 5.41) is 4.55. The van der Waals surface area contributed by atoms with Gasteiger partial charge in [-0.05, 0) is 67.9 Å². The number of benzene rings is 2. The fraction of sp³-hybridized carbons (Fsp3) is 0.250. The monoisotopic (exact) mass is 607 g/mol. The largest absolute Gasteiger partial charge is 0.416 e. The van der Waals surface area contributed by atoms with Crippen molar-refractivity contribution in [2.24, 2.45) is 7.05 Å². The highest BCUT2D eigenvalue weighted by atomic mass is 19.4. The summed E-state index contributed by atoms with van der Waals surface area (Å²) < 4.78 is 81.8. The van der Waals surface area contributed by atoms with E-state index >= 15 is 0 Å². The van der Waals surface area contributed by atoms with Crippen molar-refractivity contribution < 1.29 is 35.9 Å². The van der Waals surface area contributed by atoms with Crippen LogP contribution in [0.15, 0.2) is 64.3 Å². The van der Waals surface area contributed by atoms with E-state index in [9.17, 15) is 45.5 Å². The number of anilines is 1. The van der Waals surface area contributed by atoms with Crippen LogP contribution in [0.2, 0.25) is 0 Å². The van der Waals surface area contributed by atoms with Gasteiger partial charge in [-0.15, -0.1) is 0 Å². The van der Waals surface area contributed by atoms with Gasteiger partial charge in [0.25, 0.3) is 23.8 Å². The van der Waals surface area contributed by atoms with E-state index < -0.39 is 58.2 Å². The highest BCUT2D eigenvalue weighted by molar-refractivity contribution is 6.06. The summed E-state index contributed by atoms with van der Waals surface area (Å²) >= 11 is 0. The van der Waals surface area contributed by atoms with Gasteiger partial charge in [0.2, 0.25) is 0 Å². The number of amides is 2. The molecule has 0 fully saturated rings. The van der Waals surface area contributed by atoms with Crippen LogP contribution in [0.1, 0.15) is 47.5 Å². The molecule has 15 heteroatoms. The number of nitrogens with zero attached hydrogens (tertiary/aromatic N) is 3. The number of carbonyl (C=O) groups is 2. The maximum absolute atomic E-state index is 13.8. The molecule has 0 bridgehead atoms. The number of rotatable bonds is 7. The lowest BCUT2D eigenvalue weighted by Crippen LogP contribution is -2.38. The van der Waals surface area contributed by atoms with Gasteiger partial charge >= 0.3 is 11.9 Å². The van der Waals surface area contributed by atoms with E-state index in [1.807, 2.05) is 0 Å². The number of aryl methyl sites for hydroxylation is 1. The van der Waals surface area contributed by atoms with Crippen LogP contribution in [0.5, 0.6) is 0 Å². The number of pyridine rings is 1. The molecule has 0 atom stereocenters. The number of nitrogens with one attached hydrogen (secondary N) is 2. The summed E-state index contributed by atoms with van der Waals surface area (Å²) in [4.78, 5) is 54.8. The number of halogens is 6. The van der Waals surface area contributed by atoms with Gasteiger partial charge in [-0.2, -0.15) is 13.2 Å². The highest BCUT2D eigenvalue weighted by Crippen LogP contribution is 2.29. The van der Waals surface area contributed by atoms with Crippen LogP contribution in [0.3, 0.4) is 0 Å². The number of hydrogen-bond donors (Lipinski definition) is 2. The minimum Gasteiger partial charge on any atom is -0.349 e. The second-order valence-electron chi connectivity index (χ2n) is 9.95. The van der Waals surface area contributed by atoms with Crippen LogP contribution in [-0.2, 0) is 24.6 Å². The molecule has 0 spiro atoms. The van der Waals surface area contributed by atoms with Gasteiger partial charge in [-0.1, -0.05) is 0 Å². The predicted octanol–water partition coefficient (Wildman–Crippen LogP) is 4.66. The molecule has 226 valence electrons. The van der Waals surface area contributed by atoms with Crippen LogP contribution in [0.4, 0.5) is 32.0 Å². The summed E-state index contributed by atoms with van der Waals surface area (Å²) in [6.45, 7) is 1.74. The van der Waals surface area contributed by atoms with Crippen molar-refractivity contribution in [3.63, 3.8) is 0 Å². The van der Waals surface area contributed by atoms with Crippen molar-refractivity contribution in [1.82, 2.24) is 19.4 Å². The Labute approximate surface area is 238 Å². The van der Waals surface area contributed by atoms with E-state index in [1.54, 1.807) is 0 Å². The second-order valence-corrected chi connectivity index (χ2v) is 9.95. The van der Waals surface area contributed by atoms with Crippen LogP contribution in [0, 0.1) is 0 Å². The third kappa shape index (κ3) is 6.44. The van der Waals surface area contributed by atoms with Gasteiger partial charge in [0, 0.05) is 25.5 Å². The Hall–Kier alpha value is -4.95. The normalized spacial score (nSPS) is 12.0. The second kappa shape index (κ2) is 11.4. The lowest BCUT2D eigenvalue weighted by molar-refractivity contribution is -0.137. The van der Waals surface area contributed by atoms with Gasteiger partial charge < -0.3 is 10.6 Å². The summed E-state index contributed by atoms with van der Waals surface area (Å²) in [7, 11) is 1.33. The first-order chi connectivity index (χ1) is 20.0. The first kappa shape index (κ1) is 31.0. The SMILES string of the molecule is Cn1c(=O)n(-c2ccc(C(F)(F)F)cc2)c(=O)c2cc(NC(=O)c3cc(CNC(=O)C(C)(C)F)cnc3C(F)F)ccc21. The lowest BCUT2D eigenvalue weighted by Gasteiger charge is -2.15. The van der Waals surface area contributed by atoms with Crippen LogP contribution < -0.4 is 21.9 Å². The van der Waals surface area contributed by atoms with E-state index in [0.29, 0.717) is 16.7 Å². The Kier molecular flexibility index (Phi) is 8.20. The Morgan fingerprint density at radius 3 is 2.21 bits per heavy atom. The Morgan fingerprint density at radius 1 is 0.977 bits per heavy atom. The highest BCUT2D eigenvalue weighted by Gasteiger charge is 2.30. The van der Waals surface area contributed by atoms with E-state index in [-0.39, 0.29) is 34.4 Å². The van der Waals surface area contributed by atoms with Crippen molar-refractivity contribution in [3.05, 3.63) is 98.0 Å². The van der Waals surface area contributed by atoms with Gasteiger partial charge in [0.1, 0.15) is 5.69 Å². The fourth-order valence-corrected chi connectivity index (χ4v) is 4.13. The maximum Gasteiger partial charge on any atom is 0.416 e. The Morgan fingerprint density at radius 2 is 1.63 bits per heavy atom. The molecular formula is C28H23F6N5O4.